The van der Waals surface area contributed by atoms with E-state index in [4.69, 9.17) is 10.5 Å². The molecular formula is C17H21NO. The number of nitrogens with two attached hydrogens (primary N) is 1. The predicted molar refractivity (Wildman–Crippen MR) is 80.6 cm³/mol. The molecule has 0 amide bonds. The van der Waals surface area contributed by atoms with Gasteiger partial charge in [0.2, 0.25) is 0 Å². The minimum absolute atomic E-state index is 0.561. The van der Waals surface area contributed by atoms with Gasteiger partial charge < -0.3 is 10.5 Å². The summed E-state index contributed by atoms with van der Waals surface area (Å²) in [6.45, 7) is 8.91. The molecule has 0 unspecified atom stereocenters. The highest BCUT2D eigenvalue weighted by atomic mass is 16.5. The molecule has 0 saturated heterocycles. The standard InChI is InChI=1S/C17H21NO/c1-11-8-13(3)15(14(4)9-11)10-19-16-7-5-6-12(2)17(16)18/h5-9H,10,18H2,1-4H3. The molecule has 100 valence electrons. The van der Waals surface area contributed by atoms with Crippen molar-refractivity contribution in [2.75, 3.05) is 5.73 Å². The monoisotopic (exact) mass is 255 g/mol. The highest BCUT2D eigenvalue weighted by molar-refractivity contribution is 5.57. The number of hydrogen-bond acceptors (Lipinski definition) is 2. The summed E-state index contributed by atoms with van der Waals surface area (Å²) in [5.41, 5.74) is 12.9. The van der Waals surface area contributed by atoms with Crippen molar-refractivity contribution in [2.24, 2.45) is 0 Å². The smallest absolute Gasteiger partial charge is 0.142 e. The molecule has 0 atom stereocenters. The lowest BCUT2D eigenvalue weighted by atomic mass is 10.0. The molecule has 19 heavy (non-hydrogen) atoms. The summed E-state index contributed by atoms with van der Waals surface area (Å²) < 4.78 is 5.88. The summed E-state index contributed by atoms with van der Waals surface area (Å²) in [5, 5.41) is 0. The fourth-order valence-corrected chi connectivity index (χ4v) is 2.37. The highest BCUT2D eigenvalue weighted by Gasteiger charge is 2.07. The summed E-state index contributed by atoms with van der Waals surface area (Å²) in [4.78, 5) is 0. The minimum atomic E-state index is 0.561. The van der Waals surface area contributed by atoms with Crippen molar-refractivity contribution >= 4 is 5.69 Å². The molecule has 2 N–H and O–H groups in total. The fourth-order valence-electron chi connectivity index (χ4n) is 2.37. The Morgan fingerprint density at radius 1 is 0.947 bits per heavy atom. The number of anilines is 1. The highest BCUT2D eigenvalue weighted by Crippen LogP contribution is 2.26. The summed E-state index contributed by atoms with van der Waals surface area (Å²) in [6.07, 6.45) is 0. The van der Waals surface area contributed by atoms with Gasteiger partial charge >= 0.3 is 0 Å². The van der Waals surface area contributed by atoms with Gasteiger partial charge in [0.25, 0.3) is 0 Å². The maximum Gasteiger partial charge on any atom is 0.142 e. The zero-order valence-corrected chi connectivity index (χ0v) is 12.1. The van der Waals surface area contributed by atoms with Gasteiger partial charge in [-0.25, -0.2) is 0 Å². The van der Waals surface area contributed by atoms with E-state index in [2.05, 4.69) is 32.9 Å². The summed E-state index contributed by atoms with van der Waals surface area (Å²) in [7, 11) is 0. The maximum absolute atomic E-state index is 6.02. The number of aryl methyl sites for hydroxylation is 4. The molecule has 0 fully saturated rings. The second-order valence-corrected chi connectivity index (χ2v) is 5.15. The van der Waals surface area contributed by atoms with Gasteiger partial charge in [-0.3, -0.25) is 0 Å². The van der Waals surface area contributed by atoms with Crippen molar-refractivity contribution < 1.29 is 4.74 Å². The van der Waals surface area contributed by atoms with Crippen LogP contribution in [0.2, 0.25) is 0 Å². The van der Waals surface area contributed by atoms with Crippen molar-refractivity contribution in [2.45, 2.75) is 34.3 Å². The molecule has 0 radical (unpaired) electrons. The fraction of sp³-hybridized carbons (Fsp3) is 0.294. The average Bonchev–Trinajstić information content (AvgIpc) is 2.33. The van der Waals surface area contributed by atoms with Crippen molar-refractivity contribution in [3.8, 4) is 5.75 Å². The Bertz CT molecular complexity index is 579. The lowest BCUT2D eigenvalue weighted by Crippen LogP contribution is -2.03. The van der Waals surface area contributed by atoms with Gasteiger partial charge in [0.1, 0.15) is 12.4 Å². The predicted octanol–water partition coefficient (Wildman–Crippen LogP) is 4.08. The molecule has 0 spiro atoms. The number of rotatable bonds is 3. The third-order valence-corrected chi connectivity index (χ3v) is 3.50. The van der Waals surface area contributed by atoms with E-state index in [0.717, 1.165) is 17.0 Å². The molecule has 0 aliphatic heterocycles. The van der Waals surface area contributed by atoms with E-state index in [1.165, 1.54) is 22.3 Å². The van der Waals surface area contributed by atoms with Crippen LogP contribution in [0.15, 0.2) is 30.3 Å². The van der Waals surface area contributed by atoms with Crippen LogP contribution < -0.4 is 10.5 Å². The first-order valence-electron chi connectivity index (χ1n) is 6.53. The first-order valence-corrected chi connectivity index (χ1v) is 6.53. The second kappa shape index (κ2) is 5.35. The first kappa shape index (κ1) is 13.5. The van der Waals surface area contributed by atoms with Gasteiger partial charge in [0, 0.05) is 0 Å². The van der Waals surface area contributed by atoms with E-state index < -0.39 is 0 Å². The van der Waals surface area contributed by atoms with E-state index in [1.807, 2.05) is 25.1 Å². The Labute approximate surface area is 115 Å². The van der Waals surface area contributed by atoms with Crippen molar-refractivity contribution in [1.29, 1.82) is 0 Å². The normalized spacial score (nSPS) is 10.5. The SMILES string of the molecule is Cc1cc(C)c(COc2cccc(C)c2N)c(C)c1. The van der Waals surface area contributed by atoms with Gasteiger partial charge in [-0.05, 0) is 56.0 Å². The van der Waals surface area contributed by atoms with E-state index in [-0.39, 0.29) is 0 Å². The zero-order valence-electron chi connectivity index (χ0n) is 12.1. The van der Waals surface area contributed by atoms with E-state index >= 15 is 0 Å². The van der Waals surface area contributed by atoms with Crippen molar-refractivity contribution in [3.63, 3.8) is 0 Å². The Morgan fingerprint density at radius 3 is 2.21 bits per heavy atom. The Balaban J connectivity index is 2.22. The molecule has 0 aliphatic rings. The molecule has 0 aliphatic carbocycles. The molecule has 2 aromatic carbocycles. The quantitative estimate of drug-likeness (QED) is 0.839. The van der Waals surface area contributed by atoms with Crippen LogP contribution in [0, 0.1) is 27.7 Å². The van der Waals surface area contributed by atoms with Gasteiger partial charge in [-0.1, -0.05) is 29.8 Å². The lowest BCUT2D eigenvalue weighted by molar-refractivity contribution is 0.306. The van der Waals surface area contributed by atoms with Crippen LogP contribution in [-0.4, -0.2) is 0 Å². The molecule has 0 saturated carbocycles. The van der Waals surface area contributed by atoms with Gasteiger partial charge in [0.15, 0.2) is 0 Å². The zero-order chi connectivity index (χ0) is 14.0. The number of nitrogen functional groups attached to an aromatic ring is 1. The molecule has 0 aromatic heterocycles. The third kappa shape index (κ3) is 2.90. The topological polar surface area (TPSA) is 35.2 Å². The summed E-state index contributed by atoms with van der Waals surface area (Å²) in [5.74, 6) is 0.763. The average molecular weight is 255 g/mol. The molecule has 0 heterocycles. The Hall–Kier alpha value is -1.96. The molecular weight excluding hydrogens is 234 g/mol. The van der Waals surface area contributed by atoms with Crippen LogP contribution in [0.5, 0.6) is 5.75 Å². The van der Waals surface area contributed by atoms with Gasteiger partial charge in [-0.15, -0.1) is 0 Å². The molecule has 2 rings (SSSR count). The van der Waals surface area contributed by atoms with Gasteiger partial charge in [0.05, 0.1) is 5.69 Å². The van der Waals surface area contributed by atoms with Crippen LogP contribution in [0.1, 0.15) is 27.8 Å². The van der Waals surface area contributed by atoms with Crippen molar-refractivity contribution in [1.82, 2.24) is 0 Å². The Morgan fingerprint density at radius 2 is 1.58 bits per heavy atom. The number of para-hydroxylation sites is 1. The van der Waals surface area contributed by atoms with Crippen LogP contribution in [0.3, 0.4) is 0 Å². The minimum Gasteiger partial charge on any atom is -0.487 e. The summed E-state index contributed by atoms with van der Waals surface area (Å²) >= 11 is 0. The van der Waals surface area contributed by atoms with E-state index in [9.17, 15) is 0 Å². The van der Waals surface area contributed by atoms with Crippen LogP contribution in [0.25, 0.3) is 0 Å². The number of benzene rings is 2. The second-order valence-electron chi connectivity index (χ2n) is 5.15. The molecule has 0 bridgehead atoms. The molecule has 2 nitrogen and oxygen atoms in total. The van der Waals surface area contributed by atoms with E-state index in [0.29, 0.717) is 6.61 Å². The third-order valence-electron chi connectivity index (χ3n) is 3.50. The lowest BCUT2D eigenvalue weighted by Gasteiger charge is -2.14. The largest absolute Gasteiger partial charge is 0.487 e. The summed E-state index contributed by atoms with van der Waals surface area (Å²) in [6, 6.07) is 10.2. The Kier molecular flexibility index (Phi) is 3.79. The first-order chi connectivity index (χ1) is 8.99. The van der Waals surface area contributed by atoms with Gasteiger partial charge in [-0.2, -0.15) is 0 Å². The van der Waals surface area contributed by atoms with E-state index in [1.54, 1.807) is 0 Å². The molecule has 2 heteroatoms. The molecule has 2 aromatic rings. The number of ether oxygens (including phenoxy) is 1. The van der Waals surface area contributed by atoms with Crippen molar-refractivity contribution in [3.05, 3.63) is 58.1 Å². The van der Waals surface area contributed by atoms with Crippen LogP contribution in [0.4, 0.5) is 5.69 Å². The number of hydrogen-bond donors (Lipinski definition) is 1. The van der Waals surface area contributed by atoms with Crippen LogP contribution >= 0.6 is 0 Å². The van der Waals surface area contributed by atoms with Crippen LogP contribution in [-0.2, 0) is 6.61 Å². The maximum atomic E-state index is 6.02.